The van der Waals surface area contributed by atoms with Crippen LogP contribution in [0, 0.1) is 5.82 Å². The number of nitrogens with one attached hydrogen (secondary N) is 1. The third kappa shape index (κ3) is 7.31. The zero-order valence-corrected chi connectivity index (χ0v) is 18.7. The molecular weight excluding hydrogens is 505 g/mol. The molecule has 1 unspecified atom stereocenters. The van der Waals surface area contributed by atoms with E-state index in [1.54, 1.807) is 0 Å². The van der Waals surface area contributed by atoms with Crippen molar-refractivity contribution in [3.63, 3.8) is 0 Å². The zero-order chi connectivity index (χ0) is 25.8. The van der Waals surface area contributed by atoms with E-state index in [1.807, 2.05) is 0 Å². The molecule has 3 rings (SSSR count). The van der Waals surface area contributed by atoms with Crippen molar-refractivity contribution in [1.29, 1.82) is 0 Å². The van der Waals surface area contributed by atoms with Crippen LogP contribution < -0.4 is 14.2 Å². The summed E-state index contributed by atoms with van der Waals surface area (Å²) in [5, 5.41) is 0. The molecule has 2 aromatic carbocycles. The maximum absolute atomic E-state index is 14.5. The lowest BCUT2D eigenvalue weighted by Gasteiger charge is -2.14. The molecule has 1 heterocycles. The number of pyridine rings is 1. The van der Waals surface area contributed by atoms with Gasteiger partial charge in [0.25, 0.3) is 0 Å². The van der Waals surface area contributed by atoms with Crippen molar-refractivity contribution in [3.8, 4) is 22.8 Å². The van der Waals surface area contributed by atoms with Gasteiger partial charge in [0.2, 0.25) is 5.88 Å². The molecule has 13 heteroatoms. The Labute approximate surface area is 197 Å². The van der Waals surface area contributed by atoms with Gasteiger partial charge in [0, 0.05) is 17.3 Å². The van der Waals surface area contributed by atoms with Gasteiger partial charge >= 0.3 is 12.4 Å². The Morgan fingerprint density at radius 1 is 1.03 bits per heavy atom. The van der Waals surface area contributed by atoms with Crippen LogP contribution >= 0.6 is 0 Å². The Bertz CT molecular complexity index is 1220. The van der Waals surface area contributed by atoms with E-state index >= 15 is 0 Å². The fraction of sp³-hybridized carbons (Fsp3) is 0.227. The number of anilines is 1. The SMILES string of the molecule is COc1ncc(-c2cc(OCc3cccc(C(F)(F)F)c3)ccc2F)cc1NS(=O)CC(F)(F)F. The average Bonchev–Trinajstić information content (AvgIpc) is 2.77. The van der Waals surface area contributed by atoms with Crippen molar-refractivity contribution in [2.24, 2.45) is 0 Å². The highest BCUT2D eigenvalue weighted by molar-refractivity contribution is 7.86. The minimum atomic E-state index is -4.69. The summed E-state index contributed by atoms with van der Waals surface area (Å²) in [4.78, 5) is 3.91. The third-order valence-electron chi connectivity index (χ3n) is 4.47. The second kappa shape index (κ2) is 10.5. The van der Waals surface area contributed by atoms with Crippen LogP contribution in [0.2, 0.25) is 0 Å². The first kappa shape index (κ1) is 26.3. The Kier molecular flexibility index (Phi) is 7.88. The number of nitrogens with zero attached hydrogens (tertiary/aromatic N) is 1. The lowest BCUT2D eigenvalue weighted by Crippen LogP contribution is -2.23. The number of methoxy groups -OCH3 is 1. The van der Waals surface area contributed by atoms with Crippen molar-refractivity contribution >= 4 is 16.7 Å². The molecule has 1 aromatic heterocycles. The Balaban J connectivity index is 1.83. The molecule has 188 valence electrons. The predicted molar refractivity (Wildman–Crippen MR) is 115 cm³/mol. The van der Waals surface area contributed by atoms with E-state index in [9.17, 15) is 34.9 Å². The summed E-state index contributed by atoms with van der Waals surface area (Å²) in [6.45, 7) is -0.237. The Morgan fingerprint density at radius 3 is 2.43 bits per heavy atom. The second-order valence-corrected chi connectivity index (χ2v) is 8.30. The molecule has 0 aliphatic heterocycles. The smallest absolute Gasteiger partial charge is 0.416 e. The molecule has 35 heavy (non-hydrogen) atoms. The number of benzene rings is 2. The molecule has 0 spiro atoms. The summed E-state index contributed by atoms with van der Waals surface area (Å²) in [7, 11) is -1.36. The largest absolute Gasteiger partial charge is 0.489 e. The van der Waals surface area contributed by atoms with Crippen LogP contribution in [0.1, 0.15) is 11.1 Å². The van der Waals surface area contributed by atoms with Crippen LogP contribution in [0.25, 0.3) is 11.1 Å². The number of rotatable bonds is 8. The first-order chi connectivity index (χ1) is 16.4. The molecule has 1 N–H and O–H groups in total. The van der Waals surface area contributed by atoms with E-state index in [1.165, 1.54) is 43.6 Å². The van der Waals surface area contributed by atoms with Crippen LogP contribution in [0.5, 0.6) is 11.6 Å². The lowest BCUT2D eigenvalue weighted by molar-refractivity contribution is -0.137. The highest BCUT2D eigenvalue weighted by atomic mass is 32.2. The number of ether oxygens (including phenoxy) is 2. The quantitative estimate of drug-likeness (QED) is 0.362. The highest BCUT2D eigenvalue weighted by Gasteiger charge is 2.31. The monoisotopic (exact) mass is 522 g/mol. The summed E-state index contributed by atoms with van der Waals surface area (Å²) < 4.78 is 115. The van der Waals surface area contributed by atoms with Crippen LogP contribution in [-0.2, 0) is 23.8 Å². The molecule has 0 saturated heterocycles. The molecule has 0 bridgehead atoms. The number of aromatic nitrogens is 1. The third-order valence-corrected chi connectivity index (χ3v) is 5.51. The van der Waals surface area contributed by atoms with Gasteiger partial charge in [-0.3, -0.25) is 4.72 Å². The Hall–Kier alpha value is -3.35. The number of halogens is 7. The van der Waals surface area contributed by atoms with Crippen LogP contribution in [0.4, 0.5) is 36.4 Å². The van der Waals surface area contributed by atoms with Gasteiger partial charge in [0.05, 0.1) is 12.7 Å². The maximum Gasteiger partial charge on any atom is 0.416 e. The van der Waals surface area contributed by atoms with E-state index < -0.39 is 40.5 Å². The van der Waals surface area contributed by atoms with Gasteiger partial charge in [-0.1, -0.05) is 12.1 Å². The number of alkyl halides is 6. The van der Waals surface area contributed by atoms with Crippen molar-refractivity contribution < 1.29 is 44.4 Å². The van der Waals surface area contributed by atoms with Gasteiger partial charge in [-0.25, -0.2) is 13.6 Å². The number of hydrogen-bond acceptors (Lipinski definition) is 4. The topological polar surface area (TPSA) is 60.5 Å². The fourth-order valence-corrected chi connectivity index (χ4v) is 3.72. The molecule has 0 aliphatic rings. The van der Waals surface area contributed by atoms with Gasteiger partial charge in [-0.05, 0) is 42.0 Å². The molecule has 0 radical (unpaired) electrons. The molecule has 0 saturated carbocycles. The normalized spacial score (nSPS) is 12.8. The molecule has 0 amide bonds. The van der Waals surface area contributed by atoms with E-state index in [4.69, 9.17) is 9.47 Å². The van der Waals surface area contributed by atoms with Gasteiger partial charge < -0.3 is 9.47 Å². The zero-order valence-electron chi connectivity index (χ0n) is 17.8. The van der Waals surface area contributed by atoms with Gasteiger partial charge in [-0.15, -0.1) is 0 Å². The second-order valence-electron chi connectivity index (χ2n) is 7.12. The average molecular weight is 522 g/mol. The van der Waals surface area contributed by atoms with E-state index in [0.29, 0.717) is 0 Å². The summed E-state index contributed by atoms with van der Waals surface area (Å²) >= 11 is 0. The minimum Gasteiger partial charge on any atom is -0.489 e. The predicted octanol–water partition coefficient (Wildman–Crippen LogP) is 6.13. The molecule has 1 atom stereocenters. The first-order valence-corrected chi connectivity index (χ1v) is 11.0. The first-order valence-electron chi connectivity index (χ1n) is 9.70. The van der Waals surface area contributed by atoms with Gasteiger partial charge in [0.1, 0.15) is 40.6 Å². The van der Waals surface area contributed by atoms with Gasteiger partial charge in [0.15, 0.2) is 0 Å². The van der Waals surface area contributed by atoms with E-state index in [2.05, 4.69) is 9.71 Å². The van der Waals surface area contributed by atoms with Crippen molar-refractivity contribution in [2.75, 3.05) is 17.6 Å². The molecule has 0 aliphatic carbocycles. The highest BCUT2D eigenvalue weighted by Crippen LogP contribution is 2.33. The lowest BCUT2D eigenvalue weighted by atomic mass is 10.1. The number of hydrogen-bond donors (Lipinski definition) is 1. The van der Waals surface area contributed by atoms with Crippen molar-refractivity contribution in [1.82, 2.24) is 4.98 Å². The van der Waals surface area contributed by atoms with Crippen molar-refractivity contribution in [2.45, 2.75) is 19.0 Å². The summed E-state index contributed by atoms with van der Waals surface area (Å²) in [6, 6.07) is 9.29. The fourth-order valence-electron chi connectivity index (χ4n) is 2.96. The Morgan fingerprint density at radius 2 is 1.77 bits per heavy atom. The molecular formula is C22H17F7N2O3S. The van der Waals surface area contributed by atoms with Crippen molar-refractivity contribution in [3.05, 3.63) is 71.7 Å². The van der Waals surface area contributed by atoms with Gasteiger partial charge in [-0.2, -0.15) is 26.3 Å². The van der Waals surface area contributed by atoms with Crippen LogP contribution in [0.3, 0.4) is 0 Å². The maximum atomic E-state index is 14.5. The van der Waals surface area contributed by atoms with Crippen LogP contribution in [0.15, 0.2) is 54.7 Å². The van der Waals surface area contributed by atoms with E-state index in [0.717, 1.165) is 18.2 Å². The van der Waals surface area contributed by atoms with E-state index in [-0.39, 0.29) is 40.6 Å². The standard InChI is InChI=1S/C22H17F7N2O3S/c1-33-20-19(31-35(32)12-21(24,25)26)8-14(10-30-20)17-9-16(5-6-18(17)23)34-11-13-3-2-4-15(7-13)22(27,28)29/h2-10,31H,11-12H2,1H3. The minimum absolute atomic E-state index is 0.0636. The summed E-state index contributed by atoms with van der Waals surface area (Å²) in [5.41, 5.74) is -0.742. The molecule has 5 nitrogen and oxygen atoms in total. The summed E-state index contributed by atoms with van der Waals surface area (Å²) in [5.74, 6) is -2.41. The summed E-state index contributed by atoms with van der Waals surface area (Å²) in [6.07, 6.45) is -8.02. The van der Waals surface area contributed by atoms with Crippen LogP contribution in [-0.4, -0.2) is 28.2 Å². The molecule has 3 aromatic rings. The molecule has 0 fully saturated rings.